The number of carbonyl (C=O) groups excluding carboxylic acids is 1. The van der Waals surface area contributed by atoms with E-state index >= 15 is 0 Å². The Labute approximate surface area is 155 Å². The van der Waals surface area contributed by atoms with Crippen molar-refractivity contribution in [1.82, 2.24) is 4.90 Å². The standard InChI is InChI=1S/C20H17ClFNO3/c21-16-6-8-18(9-7-16)26-14-20(24)23(13-19-5-2-10-25-19)12-15-3-1-4-17(22)11-15/h1-11H,12-14H2. The summed E-state index contributed by atoms with van der Waals surface area (Å²) < 4.78 is 24.3. The van der Waals surface area contributed by atoms with Crippen LogP contribution in [0.5, 0.6) is 5.75 Å². The molecular formula is C20H17ClFNO3. The molecule has 0 bridgehead atoms. The molecule has 134 valence electrons. The Bertz CT molecular complexity index is 850. The number of rotatable bonds is 7. The van der Waals surface area contributed by atoms with Crippen LogP contribution in [0.4, 0.5) is 4.39 Å². The Morgan fingerprint density at radius 3 is 2.58 bits per heavy atom. The van der Waals surface area contributed by atoms with Crippen LogP contribution in [-0.2, 0) is 17.9 Å². The first-order valence-corrected chi connectivity index (χ1v) is 8.41. The molecule has 3 rings (SSSR count). The Kier molecular flexibility index (Phi) is 5.92. The minimum atomic E-state index is -0.342. The Hall–Kier alpha value is -2.79. The van der Waals surface area contributed by atoms with Crippen LogP contribution in [-0.4, -0.2) is 17.4 Å². The molecular weight excluding hydrogens is 357 g/mol. The van der Waals surface area contributed by atoms with E-state index in [1.807, 2.05) is 0 Å². The number of amides is 1. The van der Waals surface area contributed by atoms with E-state index in [1.165, 1.54) is 12.1 Å². The van der Waals surface area contributed by atoms with Gasteiger partial charge in [0.2, 0.25) is 0 Å². The number of furan rings is 1. The second-order valence-corrected chi connectivity index (χ2v) is 6.14. The van der Waals surface area contributed by atoms with Gasteiger partial charge in [-0.05, 0) is 54.1 Å². The summed E-state index contributed by atoms with van der Waals surface area (Å²) >= 11 is 5.84. The fraction of sp³-hybridized carbons (Fsp3) is 0.150. The summed E-state index contributed by atoms with van der Waals surface area (Å²) in [4.78, 5) is 14.2. The molecule has 0 aliphatic heterocycles. The molecule has 0 saturated heterocycles. The quantitative estimate of drug-likeness (QED) is 0.604. The maximum Gasteiger partial charge on any atom is 0.261 e. The van der Waals surface area contributed by atoms with Crippen LogP contribution < -0.4 is 4.74 Å². The smallest absolute Gasteiger partial charge is 0.261 e. The molecule has 1 amide bonds. The first-order chi connectivity index (χ1) is 12.6. The zero-order chi connectivity index (χ0) is 18.4. The van der Waals surface area contributed by atoms with E-state index in [-0.39, 0.29) is 31.4 Å². The molecule has 1 aromatic heterocycles. The van der Waals surface area contributed by atoms with Gasteiger partial charge < -0.3 is 14.1 Å². The third-order valence-electron chi connectivity index (χ3n) is 3.72. The monoisotopic (exact) mass is 373 g/mol. The van der Waals surface area contributed by atoms with Gasteiger partial charge in [0.25, 0.3) is 5.91 Å². The number of ether oxygens (including phenoxy) is 1. The molecule has 4 nitrogen and oxygen atoms in total. The number of carbonyl (C=O) groups is 1. The Balaban J connectivity index is 1.68. The van der Waals surface area contributed by atoms with Crippen molar-refractivity contribution in [3.8, 4) is 5.75 Å². The van der Waals surface area contributed by atoms with E-state index in [4.69, 9.17) is 20.8 Å². The molecule has 0 fully saturated rings. The number of nitrogens with zero attached hydrogens (tertiary/aromatic N) is 1. The molecule has 0 radical (unpaired) electrons. The lowest BCUT2D eigenvalue weighted by Gasteiger charge is -2.22. The van der Waals surface area contributed by atoms with Gasteiger partial charge in [0.1, 0.15) is 17.3 Å². The second kappa shape index (κ2) is 8.54. The van der Waals surface area contributed by atoms with Crippen molar-refractivity contribution in [3.63, 3.8) is 0 Å². The highest BCUT2D eigenvalue weighted by molar-refractivity contribution is 6.30. The highest BCUT2D eigenvalue weighted by Crippen LogP contribution is 2.17. The van der Waals surface area contributed by atoms with Gasteiger partial charge in [-0.1, -0.05) is 23.7 Å². The van der Waals surface area contributed by atoms with Gasteiger partial charge in [-0.2, -0.15) is 0 Å². The SMILES string of the molecule is O=C(COc1ccc(Cl)cc1)N(Cc1cccc(F)c1)Cc1ccco1. The van der Waals surface area contributed by atoms with Crippen molar-refractivity contribution in [2.45, 2.75) is 13.1 Å². The molecule has 0 spiro atoms. The van der Waals surface area contributed by atoms with E-state index in [0.717, 1.165) is 0 Å². The van der Waals surface area contributed by atoms with Crippen LogP contribution in [0.1, 0.15) is 11.3 Å². The van der Waals surface area contributed by atoms with Crippen molar-refractivity contribution in [1.29, 1.82) is 0 Å². The summed E-state index contributed by atoms with van der Waals surface area (Å²) in [5, 5.41) is 0.592. The summed E-state index contributed by atoms with van der Waals surface area (Å²) in [6.45, 7) is 0.380. The lowest BCUT2D eigenvalue weighted by Crippen LogP contribution is -2.34. The van der Waals surface area contributed by atoms with E-state index in [0.29, 0.717) is 22.1 Å². The topological polar surface area (TPSA) is 42.7 Å². The van der Waals surface area contributed by atoms with Crippen LogP contribution in [0, 0.1) is 5.82 Å². The lowest BCUT2D eigenvalue weighted by atomic mass is 10.2. The van der Waals surface area contributed by atoms with Gasteiger partial charge in [0.05, 0.1) is 12.8 Å². The zero-order valence-corrected chi connectivity index (χ0v) is 14.7. The van der Waals surface area contributed by atoms with Crippen molar-refractivity contribution < 1.29 is 18.3 Å². The third kappa shape index (κ3) is 5.10. The van der Waals surface area contributed by atoms with Crippen molar-refractivity contribution in [2.75, 3.05) is 6.61 Å². The lowest BCUT2D eigenvalue weighted by molar-refractivity contribution is -0.134. The van der Waals surface area contributed by atoms with Crippen LogP contribution >= 0.6 is 11.6 Å². The fourth-order valence-electron chi connectivity index (χ4n) is 2.45. The molecule has 0 N–H and O–H groups in total. The molecule has 1 heterocycles. The van der Waals surface area contributed by atoms with Gasteiger partial charge in [-0.15, -0.1) is 0 Å². The predicted molar refractivity (Wildman–Crippen MR) is 96.3 cm³/mol. The summed E-state index contributed by atoms with van der Waals surface area (Å²) in [5.74, 6) is 0.610. The summed E-state index contributed by atoms with van der Waals surface area (Å²) in [5.41, 5.74) is 0.691. The van der Waals surface area contributed by atoms with Gasteiger partial charge in [-0.3, -0.25) is 4.79 Å². The van der Waals surface area contributed by atoms with E-state index in [9.17, 15) is 9.18 Å². The van der Waals surface area contributed by atoms with Gasteiger partial charge >= 0.3 is 0 Å². The second-order valence-electron chi connectivity index (χ2n) is 5.70. The molecule has 0 aliphatic carbocycles. The number of benzene rings is 2. The third-order valence-corrected chi connectivity index (χ3v) is 3.97. The zero-order valence-electron chi connectivity index (χ0n) is 13.9. The molecule has 0 saturated carbocycles. The van der Waals surface area contributed by atoms with Crippen molar-refractivity contribution >= 4 is 17.5 Å². The largest absolute Gasteiger partial charge is 0.484 e. The van der Waals surface area contributed by atoms with Crippen molar-refractivity contribution in [2.24, 2.45) is 0 Å². The predicted octanol–water partition coefficient (Wildman–Crippen LogP) is 4.68. The van der Waals surface area contributed by atoms with Gasteiger partial charge in [-0.25, -0.2) is 4.39 Å². The number of hydrogen-bond acceptors (Lipinski definition) is 3. The maximum absolute atomic E-state index is 13.4. The normalized spacial score (nSPS) is 10.5. The summed E-state index contributed by atoms with van der Waals surface area (Å²) in [6.07, 6.45) is 1.55. The molecule has 0 aliphatic rings. The van der Waals surface area contributed by atoms with Crippen LogP contribution in [0.2, 0.25) is 5.02 Å². The van der Waals surface area contributed by atoms with Crippen LogP contribution in [0.3, 0.4) is 0 Å². The molecule has 6 heteroatoms. The fourth-order valence-corrected chi connectivity index (χ4v) is 2.57. The molecule has 3 aromatic rings. The molecule has 2 aromatic carbocycles. The van der Waals surface area contributed by atoms with E-state index < -0.39 is 0 Å². The van der Waals surface area contributed by atoms with Gasteiger partial charge in [0, 0.05) is 11.6 Å². The summed E-state index contributed by atoms with van der Waals surface area (Å²) in [6, 6.07) is 16.5. The summed E-state index contributed by atoms with van der Waals surface area (Å²) in [7, 11) is 0. The van der Waals surface area contributed by atoms with E-state index in [1.54, 1.807) is 59.7 Å². The highest BCUT2D eigenvalue weighted by Gasteiger charge is 2.17. The van der Waals surface area contributed by atoms with Crippen LogP contribution in [0.15, 0.2) is 71.3 Å². The maximum atomic E-state index is 13.4. The number of halogens is 2. The highest BCUT2D eigenvalue weighted by atomic mass is 35.5. The van der Waals surface area contributed by atoms with E-state index in [2.05, 4.69) is 0 Å². The first-order valence-electron chi connectivity index (χ1n) is 8.03. The number of hydrogen-bond donors (Lipinski definition) is 0. The Morgan fingerprint density at radius 1 is 1.08 bits per heavy atom. The minimum Gasteiger partial charge on any atom is -0.484 e. The van der Waals surface area contributed by atoms with Gasteiger partial charge in [0.15, 0.2) is 6.61 Å². The Morgan fingerprint density at radius 2 is 1.88 bits per heavy atom. The molecule has 0 unspecified atom stereocenters. The van der Waals surface area contributed by atoms with Crippen molar-refractivity contribution in [3.05, 3.63) is 89.1 Å². The minimum absolute atomic E-state index is 0.141. The average molecular weight is 374 g/mol. The average Bonchev–Trinajstić information content (AvgIpc) is 3.13. The van der Waals surface area contributed by atoms with Crippen LogP contribution in [0.25, 0.3) is 0 Å². The molecule has 26 heavy (non-hydrogen) atoms. The first kappa shape index (κ1) is 18.0. The molecule has 0 atom stereocenters.